The van der Waals surface area contributed by atoms with Crippen LogP contribution in [-0.4, -0.2) is 4.98 Å². The normalized spacial score (nSPS) is 10.0. The molecule has 21 heavy (non-hydrogen) atoms. The van der Waals surface area contributed by atoms with E-state index in [1.165, 1.54) is 30.4 Å². The number of hydrogen-bond acceptors (Lipinski definition) is 1. The fourth-order valence-electron chi connectivity index (χ4n) is 2.19. The van der Waals surface area contributed by atoms with Crippen molar-refractivity contribution in [2.45, 2.75) is 46.0 Å². The zero-order valence-electron chi connectivity index (χ0n) is 13.0. The molecule has 1 aromatic carbocycles. The van der Waals surface area contributed by atoms with E-state index in [0.717, 1.165) is 24.1 Å². The van der Waals surface area contributed by atoms with Crippen LogP contribution >= 0.6 is 0 Å². The van der Waals surface area contributed by atoms with Crippen LogP contribution in [-0.2, 0) is 12.8 Å². The number of aryl methyl sites for hydroxylation is 2. The first-order valence-corrected chi connectivity index (χ1v) is 7.87. The molecule has 0 N–H and O–H groups in total. The van der Waals surface area contributed by atoms with Crippen LogP contribution in [0.3, 0.4) is 0 Å². The molecule has 1 aromatic heterocycles. The highest BCUT2D eigenvalue weighted by molar-refractivity contribution is 5.41. The molecule has 0 bridgehead atoms. The molecule has 0 fully saturated rings. The Bertz CT molecular complexity index is 597. The molecule has 1 heteroatoms. The van der Waals surface area contributed by atoms with Gasteiger partial charge in [-0.25, -0.2) is 4.98 Å². The van der Waals surface area contributed by atoms with Gasteiger partial charge in [0, 0.05) is 11.8 Å². The fourth-order valence-corrected chi connectivity index (χ4v) is 2.19. The summed E-state index contributed by atoms with van der Waals surface area (Å²) in [5.41, 5.74) is 4.53. The van der Waals surface area contributed by atoms with Crippen LogP contribution in [0.15, 0.2) is 42.6 Å². The Morgan fingerprint density at radius 3 is 2.24 bits per heavy atom. The van der Waals surface area contributed by atoms with E-state index in [1.54, 1.807) is 0 Å². The molecule has 0 saturated carbocycles. The summed E-state index contributed by atoms with van der Waals surface area (Å²) < 4.78 is 0. The van der Waals surface area contributed by atoms with Crippen LogP contribution in [0, 0.1) is 11.8 Å². The van der Waals surface area contributed by atoms with Crippen LogP contribution in [0.1, 0.15) is 55.5 Å². The molecule has 2 aromatic rings. The molecule has 0 unspecified atom stereocenters. The predicted octanol–water partition coefficient (Wildman–Crippen LogP) is 4.78. The second-order valence-corrected chi connectivity index (χ2v) is 5.31. The average molecular weight is 277 g/mol. The highest BCUT2D eigenvalue weighted by atomic mass is 14.7. The quantitative estimate of drug-likeness (QED) is 0.566. The fraction of sp³-hybridized carbons (Fsp3) is 0.350. The van der Waals surface area contributed by atoms with Crippen molar-refractivity contribution >= 4 is 0 Å². The third-order valence-electron chi connectivity index (χ3n) is 3.59. The zero-order chi connectivity index (χ0) is 14.9. The van der Waals surface area contributed by atoms with Gasteiger partial charge >= 0.3 is 0 Å². The van der Waals surface area contributed by atoms with E-state index in [-0.39, 0.29) is 0 Å². The molecule has 0 aliphatic heterocycles. The smallest absolute Gasteiger partial charge is 0.113 e. The summed E-state index contributed by atoms with van der Waals surface area (Å²) in [4.78, 5) is 4.43. The maximum absolute atomic E-state index is 4.43. The van der Waals surface area contributed by atoms with Crippen molar-refractivity contribution in [1.29, 1.82) is 0 Å². The highest BCUT2D eigenvalue weighted by Gasteiger charge is 1.95. The summed E-state index contributed by atoms with van der Waals surface area (Å²) in [6.07, 6.45) is 7.93. The summed E-state index contributed by atoms with van der Waals surface area (Å²) in [5, 5.41) is 0. The van der Waals surface area contributed by atoms with Crippen molar-refractivity contribution in [2.75, 3.05) is 0 Å². The van der Waals surface area contributed by atoms with Crippen molar-refractivity contribution in [3.8, 4) is 11.8 Å². The second kappa shape index (κ2) is 8.27. The molecule has 0 atom stereocenters. The molecule has 1 heterocycles. The van der Waals surface area contributed by atoms with Gasteiger partial charge in [0.15, 0.2) is 0 Å². The van der Waals surface area contributed by atoms with E-state index in [9.17, 15) is 0 Å². The van der Waals surface area contributed by atoms with Gasteiger partial charge in [0.1, 0.15) is 5.69 Å². The van der Waals surface area contributed by atoms with Crippen molar-refractivity contribution in [3.63, 3.8) is 0 Å². The molecule has 0 spiro atoms. The Balaban J connectivity index is 1.98. The van der Waals surface area contributed by atoms with Gasteiger partial charge in [-0.1, -0.05) is 50.8 Å². The molecule has 0 radical (unpaired) electrons. The Morgan fingerprint density at radius 1 is 0.857 bits per heavy atom. The third-order valence-corrected chi connectivity index (χ3v) is 3.59. The number of pyridine rings is 1. The van der Waals surface area contributed by atoms with E-state index in [2.05, 4.69) is 61.0 Å². The lowest BCUT2D eigenvalue weighted by atomic mass is 10.1. The molecule has 2 rings (SSSR count). The second-order valence-electron chi connectivity index (χ2n) is 5.31. The molecule has 0 saturated heterocycles. The largest absolute Gasteiger partial charge is 0.248 e. The summed E-state index contributed by atoms with van der Waals surface area (Å²) in [6.45, 7) is 4.39. The molecule has 108 valence electrons. The van der Waals surface area contributed by atoms with Gasteiger partial charge in [-0.05, 0) is 54.5 Å². The molecule has 0 aliphatic carbocycles. The summed E-state index contributed by atoms with van der Waals surface area (Å²) in [5.74, 6) is 6.30. The van der Waals surface area contributed by atoms with E-state index >= 15 is 0 Å². The van der Waals surface area contributed by atoms with Gasteiger partial charge in [0.2, 0.25) is 0 Å². The summed E-state index contributed by atoms with van der Waals surface area (Å²) >= 11 is 0. The molecule has 1 nitrogen and oxygen atoms in total. The number of rotatable bonds is 5. The maximum Gasteiger partial charge on any atom is 0.113 e. The Kier molecular flexibility index (Phi) is 6.03. The van der Waals surface area contributed by atoms with E-state index in [4.69, 9.17) is 0 Å². The third kappa shape index (κ3) is 5.08. The number of benzene rings is 1. The molecular formula is C20H23N. The zero-order valence-corrected chi connectivity index (χ0v) is 13.0. The van der Waals surface area contributed by atoms with Crippen molar-refractivity contribution in [3.05, 3.63) is 65.0 Å². The maximum atomic E-state index is 4.43. The first kappa shape index (κ1) is 15.3. The minimum absolute atomic E-state index is 0.841. The van der Waals surface area contributed by atoms with Crippen LogP contribution in [0.5, 0.6) is 0 Å². The van der Waals surface area contributed by atoms with E-state index in [1.807, 2.05) is 12.3 Å². The van der Waals surface area contributed by atoms with E-state index < -0.39 is 0 Å². The van der Waals surface area contributed by atoms with Gasteiger partial charge in [-0.15, -0.1) is 0 Å². The van der Waals surface area contributed by atoms with Crippen LogP contribution in [0.25, 0.3) is 0 Å². The number of unbranched alkanes of at least 4 members (excludes halogenated alkanes) is 2. The molecular weight excluding hydrogens is 254 g/mol. The standard InChI is InChI=1S/C20H23N/c1-3-5-6-7-19-13-15-20(21-16-19)14-12-18-10-8-17(4-2)9-11-18/h8-11,13,15-16H,3-7H2,1-2H3. The Hall–Kier alpha value is -2.07. The Labute approximate surface area is 128 Å². The Morgan fingerprint density at radius 2 is 1.62 bits per heavy atom. The van der Waals surface area contributed by atoms with Gasteiger partial charge < -0.3 is 0 Å². The number of aromatic nitrogens is 1. The minimum Gasteiger partial charge on any atom is -0.248 e. The lowest BCUT2D eigenvalue weighted by molar-refractivity contribution is 0.716. The SMILES string of the molecule is CCCCCc1ccc(C#Cc2ccc(CC)cc2)nc1. The molecule has 0 amide bonds. The summed E-state index contributed by atoms with van der Waals surface area (Å²) in [7, 11) is 0. The van der Waals surface area contributed by atoms with Crippen molar-refractivity contribution in [1.82, 2.24) is 4.98 Å². The van der Waals surface area contributed by atoms with Gasteiger partial charge in [0.25, 0.3) is 0 Å². The van der Waals surface area contributed by atoms with Crippen LogP contribution in [0.2, 0.25) is 0 Å². The van der Waals surface area contributed by atoms with Gasteiger partial charge in [-0.3, -0.25) is 0 Å². The van der Waals surface area contributed by atoms with E-state index in [0.29, 0.717) is 0 Å². The van der Waals surface area contributed by atoms with Crippen LogP contribution in [0.4, 0.5) is 0 Å². The predicted molar refractivity (Wildman–Crippen MR) is 89.3 cm³/mol. The first-order chi connectivity index (χ1) is 10.3. The molecule has 0 aliphatic rings. The number of hydrogen-bond donors (Lipinski definition) is 0. The number of nitrogens with zero attached hydrogens (tertiary/aromatic N) is 1. The monoisotopic (exact) mass is 277 g/mol. The summed E-state index contributed by atoms with van der Waals surface area (Å²) in [6, 6.07) is 12.6. The lowest BCUT2D eigenvalue weighted by Gasteiger charge is -1.99. The van der Waals surface area contributed by atoms with Crippen molar-refractivity contribution < 1.29 is 0 Å². The highest BCUT2D eigenvalue weighted by Crippen LogP contribution is 2.07. The van der Waals surface area contributed by atoms with Crippen LogP contribution < -0.4 is 0 Å². The topological polar surface area (TPSA) is 12.9 Å². The average Bonchev–Trinajstić information content (AvgIpc) is 2.55. The van der Waals surface area contributed by atoms with Gasteiger partial charge in [0.05, 0.1) is 0 Å². The first-order valence-electron chi connectivity index (χ1n) is 7.87. The minimum atomic E-state index is 0.841. The lowest BCUT2D eigenvalue weighted by Crippen LogP contribution is -1.89. The van der Waals surface area contributed by atoms with Gasteiger partial charge in [-0.2, -0.15) is 0 Å². The van der Waals surface area contributed by atoms with Crippen molar-refractivity contribution in [2.24, 2.45) is 0 Å².